The highest BCUT2D eigenvalue weighted by Crippen LogP contribution is 2.44. The summed E-state index contributed by atoms with van der Waals surface area (Å²) in [4.78, 5) is 29.4. The van der Waals surface area contributed by atoms with E-state index in [9.17, 15) is 9.59 Å². The van der Waals surface area contributed by atoms with E-state index in [-0.39, 0.29) is 11.8 Å². The Morgan fingerprint density at radius 1 is 0.667 bits per heavy atom. The average molecular weight is 332 g/mol. The van der Waals surface area contributed by atoms with Crippen LogP contribution in [0.1, 0.15) is 70.6 Å². The highest BCUT2D eigenvalue weighted by atomic mass is 16.2. The van der Waals surface area contributed by atoms with Gasteiger partial charge < -0.3 is 9.80 Å². The second-order valence-electron chi connectivity index (χ2n) is 8.78. The first-order chi connectivity index (χ1) is 11.7. The lowest BCUT2D eigenvalue weighted by atomic mass is 9.68. The molecule has 2 saturated heterocycles. The molecule has 0 radical (unpaired) electrons. The average Bonchev–Trinajstić information content (AvgIpc) is 3.47. The molecule has 4 rings (SSSR count). The van der Waals surface area contributed by atoms with Crippen molar-refractivity contribution in [2.75, 3.05) is 26.2 Å². The molecule has 24 heavy (non-hydrogen) atoms. The van der Waals surface area contributed by atoms with Gasteiger partial charge in [0, 0.05) is 32.1 Å². The van der Waals surface area contributed by atoms with Gasteiger partial charge in [0.15, 0.2) is 0 Å². The van der Waals surface area contributed by atoms with Crippen LogP contribution in [0.3, 0.4) is 0 Å². The Kier molecular flexibility index (Phi) is 4.57. The minimum absolute atomic E-state index is 0.0573. The minimum Gasteiger partial charge on any atom is -0.342 e. The summed E-state index contributed by atoms with van der Waals surface area (Å²) in [6, 6.07) is 0. The Labute approximate surface area is 145 Å². The number of hydrogen-bond donors (Lipinski definition) is 0. The van der Waals surface area contributed by atoms with Crippen molar-refractivity contribution in [2.45, 2.75) is 70.6 Å². The van der Waals surface area contributed by atoms with Gasteiger partial charge >= 0.3 is 0 Å². The molecule has 0 aromatic heterocycles. The lowest BCUT2D eigenvalue weighted by Crippen LogP contribution is -2.50. The molecule has 2 saturated carbocycles. The van der Waals surface area contributed by atoms with E-state index in [2.05, 4.69) is 4.90 Å². The summed E-state index contributed by atoms with van der Waals surface area (Å²) in [5.41, 5.74) is 0.551. The number of amides is 2. The molecule has 2 heterocycles. The van der Waals surface area contributed by atoms with Crippen LogP contribution < -0.4 is 0 Å². The molecule has 4 aliphatic rings. The third-order valence-corrected chi connectivity index (χ3v) is 7.06. The van der Waals surface area contributed by atoms with Crippen LogP contribution in [0.25, 0.3) is 0 Å². The van der Waals surface area contributed by atoms with Gasteiger partial charge in [0.1, 0.15) is 0 Å². The maximum atomic E-state index is 13.0. The van der Waals surface area contributed by atoms with Crippen LogP contribution in [0.2, 0.25) is 0 Å². The lowest BCUT2D eigenvalue weighted by Gasteiger charge is -2.45. The van der Waals surface area contributed by atoms with Crippen LogP contribution in [-0.4, -0.2) is 47.8 Å². The van der Waals surface area contributed by atoms with Crippen molar-refractivity contribution in [1.82, 2.24) is 9.80 Å². The standard InChI is InChI=1S/C20H32N2O2/c23-18(16-6-7-16)22-12-4-5-17(15-22)19(24)21-13-10-20(11-14-21)8-2-1-3-9-20/h16-17H,1-15H2/t17-/m1/s1. The number of piperidine rings is 2. The van der Waals surface area contributed by atoms with E-state index < -0.39 is 0 Å². The zero-order chi connectivity index (χ0) is 16.6. The fourth-order valence-corrected chi connectivity index (χ4v) is 5.23. The smallest absolute Gasteiger partial charge is 0.227 e. The molecule has 2 aliphatic carbocycles. The topological polar surface area (TPSA) is 40.6 Å². The van der Waals surface area contributed by atoms with Gasteiger partial charge in [0.2, 0.25) is 11.8 Å². The Morgan fingerprint density at radius 3 is 2.00 bits per heavy atom. The van der Waals surface area contributed by atoms with Crippen molar-refractivity contribution < 1.29 is 9.59 Å². The zero-order valence-electron chi connectivity index (χ0n) is 15.0. The van der Waals surface area contributed by atoms with E-state index >= 15 is 0 Å². The van der Waals surface area contributed by atoms with E-state index in [1.165, 1.54) is 44.9 Å². The number of nitrogens with zero attached hydrogens (tertiary/aromatic N) is 2. The number of rotatable bonds is 2. The Morgan fingerprint density at radius 2 is 1.33 bits per heavy atom. The SMILES string of the molecule is O=C(C1CC1)N1CCC[C@@H](C(=O)N2CCC3(CCCCC3)CC2)C1. The Balaban J connectivity index is 1.31. The number of hydrogen-bond acceptors (Lipinski definition) is 2. The molecule has 1 atom stereocenters. The molecule has 0 aromatic rings. The minimum atomic E-state index is 0.0573. The van der Waals surface area contributed by atoms with Gasteiger partial charge in [-0.1, -0.05) is 19.3 Å². The predicted octanol–water partition coefficient (Wildman–Crippen LogP) is 3.21. The predicted molar refractivity (Wildman–Crippen MR) is 93.4 cm³/mol. The van der Waals surface area contributed by atoms with Crippen LogP contribution in [0, 0.1) is 17.3 Å². The van der Waals surface area contributed by atoms with Crippen LogP contribution in [0.4, 0.5) is 0 Å². The largest absolute Gasteiger partial charge is 0.342 e. The number of likely N-dealkylation sites (tertiary alicyclic amines) is 2. The van der Waals surface area contributed by atoms with Crippen molar-refractivity contribution in [1.29, 1.82) is 0 Å². The summed E-state index contributed by atoms with van der Waals surface area (Å²) < 4.78 is 0. The number of carbonyl (C=O) groups excluding carboxylic acids is 2. The van der Waals surface area contributed by atoms with Crippen molar-refractivity contribution in [3.05, 3.63) is 0 Å². The molecule has 4 heteroatoms. The molecule has 0 aromatic carbocycles. The molecule has 0 N–H and O–H groups in total. The lowest BCUT2D eigenvalue weighted by molar-refractivity contribution is -0.143. The van der Waals surface area contributed by atoms with Gasteiger partial charge in [-0.25, -0.2) is 0 Å². The fraction of sp³-hybridized carbons (Fsp3) is 0.900. The molecule has 2 amide bonds. The summed E-state index contributed by atoms with van der Waals surface area (Å²) in [5, 5.41) is 0. The van der Waals surface area contributed by atoms with Crippen molar-refractivity contribution >= 4 is 11.8 Å². The van der Waals surface area contributed by atoms with Crippen LogP contribution in [-0.2, 0) is 9.59 Å². The molecule has 4 fully saturated rings. The first-order valence-electron chi connectivity index (χ1n) is 10.2. The summed E-state index contributed by atoms with van der Waals surface area (Å²) >= 11 is 0. The monoisotopic (exact) mass is 332 g/mol. The quantitative estimate of drug-likeness (QED) is 0.779. The van der Waals surface area contributed by atoms with Crippen molar-refractivity contribution in [3.63, 3.8) is 0 Å². The van der Waals surface area contributed by atoms with E-state index in [0.717, 1.165) is 45.3 Å². The van der Waals surface area contributed by atoms with Crippen LogP contribution in [0.15, 0.2) is 0 Å². The fourth-order valence-electron chi connectivity index (χ4n) is 5.23. The third-order valence-electron chi connectivity index (χ3n) is 7.06. The van der Waals surface area contributed by atoms with Crippen molar-refractivity contribution in [3.8, 4) is 0 Å². The van der Waals surface area contributed by atoms with Gasteiger partial charge in [-0.3, -0.25) is 9.59 Å². The maximum Gasteiger partial charge on any atom is 0.227 e. The molecule has 1 spiro atoms. The third kappa shape index (κ3) is 3.34. The van der Waals surface area contributed by atoms with Crippen LogP contribution in [0.5, 0.6) is 0 Å². The van der Waals surface area contributed by atoms with E-state index in [4.69, 9.17) is 0 Å². The highest BCUT2D eigenvalue weighted by Gasteiger charge is 2.40. The molecule has 0 bridgehead atoms. The van der Waals surface area contributed by atoms with Gasteiger partial charge in [0.25, 0.3) is 0 Å². The summed E-state index contributed by atoms with van der Waals surface area (Å²) in [6.45, 7) is 3.44. The second-order valence-corrected chi connectivity index (χ2v) is 8.78. The normalized spacial score (nSPS) is 30.4. The second kappa shape index (κ2) is 6.68. The summed E-state index contributed by atoms with van der Waals surface area (Å²) in [6.07, 6.45) is 13.4. The van der Waals surface area contributed by atoms with Crippen molar-refractivity contribution in [2.24, 2.45) is 17.3 Å². The maximum absolute atomic E-state index is 13.0. The Bertz CT molecular complexity index is 484. The summed E-state index contributed by atoms with van der Waals surface area (Å²) in [7, 11) is 0. The Hall–Kier alpha value is -1.06. The zero-order valence-corrected chi connectivity index (χ0v) is 15.0. The molecule has 134 valence electrons. The highest BCUT2D eigenvalue weighted by molar-refractivity contribution is 5.83. The van der Waals surface area contributed by atoms with Gasteiger partial charge in [0.05, 0.1) is 5.92 Å². The first-order valence-corrected chi connectivity index (χ1v) is 10.2. The molecule has 4 nitrogen and oxygen atoms in total. The molecule has 2 aliphatic heterocycles. The van der Waals surface area contributed by atoms with Gasteiger partial charge in [-0.05, 0) is 56.8 Å². The first kappa shape index (κ1) is 16.4. The molecule has 0 unspecified atom stereocenters. The molecular weight excluding hydrogens is 300 g/mol. The van der Waals surface area contributed by atoms with E-state index in [1.54, 1.807) is 0 Å². The van der Waals surface area contributed by atoms with Crippen LogP contribution >= 0.6 is 0 Å². The molecular formula is C20H32N2O2. The van der Waals surface area contributed by atoms with E-state index in [0.29, 0.717) is 23.8 Å². The number of carbonyl (C=O) groups is 2. The van der Waals surface area contributed by atoms with E-state index in [1.807, 2.05) is 4.90 Å². The van der Waals surface area contributed by atoms with Gasteiger partial charge in [-0.2, -0.15) is 0 Å². The summed E-state index contributed by atoms with van der Waals surface area (Å²) in [5.74, 6) is 0.975. The van der Waals surface area contributed by atoms with Gasteiger partial charge in [-0.15, -0.1) is 0 Å².